The van der Waals surface area contributed by atoms with E-state index < -0.39 is 6.04 Å². The van der Waals surface area contributed by atoms with Gasteiger partial charge in [0.1, 0.15) is 0 Å². The highest BCUT2D eigenvalue weighted by Gasteiger charge is 2.06. The van der Waals surface area contributed by atoms with E-state index in [4.69, 9.17) is 11.0 Å². The van der Waals surface area contributed by atoms with Gasteiger partial charge in [-0.05, 0) is 29.7 Å². The van der Waals surface area contributed by atoms with Crippen LogP contribution in [0.3, 0.4) is 0 Å². The van der Waals surface area contributed by atoms with Gasteiger partial charge in [0.2, 0.25) is 0 Å². The van der Waals surface area contributed by atoms with Crippen LogP contribution in [-0.4, -0.2) is 6.04 Å². The first kappa shape index (κ1) is 10.6. The molecule has 1 heterocycles. The van der Waals surface area contributed by atoms with Crippen molar-refractivity contribution in [2.45, 2.75) is 12.5 Å². The second kappa shape index (κ2) is 4.31. The van der Waals surface area contributed by atoms with E-state index in [0.29, 0.717) is 6.42 Å². The third-order valence-corrected chi connectivity index (χ3v) is 3.75. The van der Waals surface area contributed by atoms with E-state index in [1.54, 1.807) is 11.3 Å². The molecule has 0 bridgehead atoms. The van der Waals surface area contributed by atoms with Gasteiger partial charge in [0.05, 0.1) is 12.1 Å². The smallest absolute Gasteiger partial charge is 0.0976 e. The van der Waals surface area contributed by atoms with E-state index in [0.717, 1.165) is 9.35 Å². The highest BCUT2D eigenvalue weighted by molar-refractivity contribution is 9.10. The molecular formula is C11H9BrN2S. The van der Waals surface area contributed by atoms with Crippen molar-refractivity contribution in [1.29, 1.82) is 5.26 Å². The van der Waals surface area contributed by atoms with Gasteiger partial charge >= 0.3 is 0 Å². The van der Waals surface area contributed by atoms with E-state index in [9.17, 15) is 0 Å². The fraction of sp³-hybridized carbons (Fsp3) is 0.182. The van der Waals surface area contributed by atoms with E-state index in [1.807, 2.05) is 12.1 Å². The van der Waals surface area contributed by atoms with Gasteiger partial charge in [-0.2, -0.15) is 5.26 Å². The lowest BCUT2D eigenvalue weighted by Crippen LogP contribution is -2.19. The molecule has 0 aliphatic carbocycles. The number of nitriles is 1. The molecule has 0 fully saturated rings. The van der Waals surface area contributed by atoms with Crippen LogP contribution in [0.5, 0.6) is 0 Å². The number of hydrogen-bond donors (Lipinski definition) is 1. The Kier molecular flexibility index (Phi) is 3.06. The lowest BCUT2D eigenvalue weighted by molar-refractivity contribution is 0.835. The monoisotopic (exact) mass is 280 g/mol. The van der Waals surface area contributed by atoms with Gasteiger partial charge in [-0.25, -0.2) is 0 Å². The molecular weight excluding hydrogens is 272 g/mol. The lowest BCUT2D eigenvalue weighted by Gasteiger charge is -1.96. The van der Waals surface area contributed by atoms with Crippen LogP contribution in [0, 0.1) is 11.3 Å². The van der Waals surface area contributed by atoms with Gasteiger partial charge in [-0.3, -0.25) is 0 Å². The molecule has 0 saturated carbocycles. The summed E-state index contributed by atoms with van der Waals surface area (Å²) >= 11 is 5.13. The van der Waals surface area contributed by atoms with Crippen LogP contribution in [0.25, 0.3) is 10.1 Å². The molecule has 0 spiro atoms. The number of benzene rings is 1. The van der Waals surface area contributed by atoms with Crippen LogP contribution in [-0.2, 0) is 6.42 Å². The van der Waals surface area contributed by atoms with Gasteiger partial charge < -0.3 is 5.73 Å². The molecule has 1 aromatic heterocycles. The van der Waals surface area contributed by atoms with Crippen LogP contribution in [0.15, 0.2) is 28.7 Å². The Morgan fingerprint density at radius 1 is 1.47 bits per heavy atom. The maximum Gasteiger partial charge on any atom is 0.0976 e. The van der Waals surface area contributed by atoms with Crippen molar-refractivity contribution in [3.63, 3.8) is 0 Å². The molecule has 2 N–H and O–H groups in total. The van der Waals surface area contributed by atoms with Crippen LogP contribution in [0.4, 0.5) is 0 Å². The summed E-state index contributed by atoms with van der Waals surface area (Å²) in [6.45, 7) is 0. The van der Waals surface area contributed by atoms with E-state index in [2.05, 4.69) is 34.1 Å². The lowest BCUT2D eigenvalue weighted by atomic mass is 10.2. The first-order valence-electron chi connectivity index (χ1n) is 4.52. The molecule has 2 rings (SSSR count). The number of nitrogens with zero attached hydrogens (tertiary/aromatic N) is 1. The summed E-state index contributed by atoms with van der Waals surface area (Å²) in [6, 6.07) is 9.91. The third kappa shape index (κ3) is 2.37. The van der Waals surface area contributed by atoms with Crippen molar-refractivity contribution in [2.75, 3.05) is 0 Å². The summed E-state index contributed by atoms with van der Waals surface area (Å²) in [4.78, 5) is 1.16. The predicted molar refractivity (Wildman–Crippen MR) is 66.8 cm³/mol. The number of halogens is 1. The van der Waals surface area contributed by atoms with Gasteiger partial charge in [0.15, 0.2) is 0 Å². The maximum absolute atomic E-state index is 8.64. The standard InChI is InChI=1S/C11H9BrN2S/c12-8-1-2-11-7(3-8)4-10(15-11)5-9(14)6-13/h1-4,9H,5,14H2. The highest BCUT2D eigenvalue weighted by Crippen LogP contribution is 2.28. The molecule has 0 saturated heterocycles. The Morgan fingerprint density at radius 3 is 3.00 bits per heavy atom. The first-order valence-corrected chi connectivity index (χ1v) is 6.13. The number of fused-ring (bicyclic) bond motifs is 1. The minimum absolute atomic E-state index is 0.401. The summed E-state index contributed by atoms with van der Waals surface area (Å²) in [6.07, 6.45) is 0.632. The zero-order valence-corrected chi connectivity index (χ0v) is 10.3. The second-order valence-electron chi connectivity index (χ2n) is 3.33. The Morgan fingerprint density at radius 2 is 2.27 bits per heavy atom. The molecule has 4 heteroatoms. The Bertz CT molecular complexity index is 527. The Labute approximate surface area is 100 Å². The van der Waals surface area contributed by atoms with E-state index in [1.165, 1.54) is 10.1 Å². The minimum Gasteiger partial charge on any atom is -0.316 e. The molecule has 0 aliphatic rings. The SMILES string of the molecule is N#CC(N)Cc1cc2cc(Br)ccc2s1. The van der Waals surface area contributed by atoms with Crippen molar-refractivity contribution < 1.29 is 0 Å². The second-order valence-corrected chi connectivity index (χ2v) is 5.42. The number of rotatable bonds is 2. The normalized spacial score (nSPS) is 12.6. The van der Waals surface area contributed by atoms with Gasteiger partial charge in [-0.15, -0.1) is 11.3 Å². The fourth-order valence-electron chi connectivity index (χ4n) is 1.43. The predicted octanol–water partition coefficient (Wildman–Crippen LogP) is 3.06. The van der Waals surface area contributed by atoms with Crippen LogP contribution in [0.2, 0.25) is 0 Å². The zero-order chi connectivity index (χ0) is 10.8. The number of thiophene rings is 1. The summed E-state index contributed by atoms with van der Waals surface area (Å²) < 4.78 is 2.31. The van der Waals surface area contributed by atoms with Gasteiger partial charge in [-0.1, -0.05) is 15.9 Å². The average molecular weight is 281 g/mol. The van der Waals surface area contributed by atoms with Crippen molar-refractivity contribution in [1.82, 2.24) is 0 Å². The molecule has 0 aliphatic heterocycles. The first-order chi connectivity index (χ1) is 7.19. The molecule has 1 aromatic carbocycles. The third-order valence-electron chi connectivity index (χ3n) is 2.12. The van der Waals surface area contributed by atoms with Crippen LogP contribution < -0.4 is 5.73 Å². The average Bonchev–Trinajstić information content (AvgIpc) is 2.59. The van der Waals surface area contributed by atoms with Crippen molar-refractivity contribution in [3.8, 4) is 6.07 Å². The quantitative estimate of drug-likeness (QED) is 0.919. The minimum atomic E-state index is -0.401. The van der Waals surface area contributed by atoms with Crippen molar-refractivity contribution in [3.05, 3.63) is 33.6 Å². The topological polar surface area (TPSA) is 49.8 Å². The highest BCUT2D eigenvalue weighted by atomic mass is 79.9. The molecule has 76 valence electrons. The molecule has 0 radical (unpaired) electrons. The van der Waals surface area contributed by atoms with Gasteiger partial charge in [0.25, 0.3) is 0 Å². The molecule has 15 heavy (non-hydrogen) atoms. The summed E-state index contributed by atoms with van der Waals surface area (Å²) in [5.41, 5.74) is 5.59. The number of hydrogen-bond acceptors (Lipinski definition) is 3. The molecule has 2 aromatic rings. The van der Waals surface area contributed by atoms with Gasteiger partial charge in [0, 0.05) is 20.5 Å². The van der Waals surface area contributed by atoms with Crippen LogP contribution in [0.1, 0.15) is 4.88 Å². The van der Waals surface area contributed by atoms with E-state index >= 15 is 0 Å². The molecule has 1 atom stereocenters. The molecule has 0 amide bonds. The summed E-state index contributed by atoms with van der Waals surface area (Å²) in [5.74, 6) is 0. The van der Waals surface area contributed by atoms with Crippen LogP contribution >= 0.6 is 27.3 Å². The molecule has 2 nitrogen and oxygen atoms in total. The molecule has 1 unspecified atom stereocenters. The van der Waals surface area contributed by atoms with Crippen molar-refractivity contribution in [2.24, 2.45) is 5.73 Å². The summed E-state index contributed by atoms with van der Waals surface area (Å²) in [5, 5.41) is 9.84. The Balaban J connectivity index is 2.35. The maximum atomic E-state index is 8.64. The van der Waals surface area contributed by atoms with E-state index in [-0.39, 0.29) is 0 Å². The number of nitrogens with two attached hydrogens (primary N) is 1. The van der Waals surface area contributed by atoms with Crippen molar-refractivity contribution >= 4 is 37.4 Å². The Hall–Kier alpha value is -0.890. The zero-order valence-electron chi connectivity index (χ0n) is 7.90. The summed E-state index contributed by atoms with van der Waals surface area (Å²) in [7, 11) is 0. The largest absolute Gasteiger partial charge is 0.316 e. The fourth-order valence-corrected chi connectivity index (χ4v) is 2.91.